The van der Waals surface area contributed by atoms with Crippen LogP contribution in [-0.4, -0.2) is 50.1 Å². The third-order valence-corrected chi connectivity index (χ3v) is 8.51. The quantitative estimate of drug-likeness (QED) is 0.301. The second-order valence-corrected chi connectivity index (χ2v) is 12.2. The minimum Gasteiger partial charge on any atom is -0.452 e. The van der Waals surface area contributed by atoms with Gasteiger partial charge < -0.3 is 10.1 Å². The minimum atomic E-state index is -3.68. The number of piperidine rings is 1. The van der Waals surface area contributed by atoms with Crippen molar-refractivity contribution in [3.8, 4) is 0 Å². The predicted octanol–water partition coefficient (Wildman–Crippen LogP) is 5.03. The van der Waals surface area contributed by atoms with E-state index in [-0.39, 0.29) is 39.3 Å². The molecule has 3 aromatic rings. The maximum atomic E-state index is 13.1. The lowest BCUT2D eigenvalue weighted by atomic mass is 9.94. The number of anilines is 1. The predicted molar refractivity (Wildman–Crippen MR) is 148 cm³/mol. The highest BCUT2D eigenvalue weighted by molar-refractivity contribution is 7.89. The van der Waals surface area contributed by atoms with E-state index in [4.69, 9.17) is 16.3 Å². The molecule has 1 N–H and O–H groups in total. The van der Waals surface area contributed by atoms with Gasteiger partial charge in [0.05, 0.1) is 16.1 Å². The average molecular weight is 569 g/mol. The zero-order valence-electron chi connectivity index (χ0n) is 21.6. The monoisotopic (exact) mass is 568 g/mol. The van der Waals surface area contributed by atoms with Crippen molar-refractivity contribution in [3.63, 3.8) is 0 Å². The molecule has 1 saturated heterocycles. The van der Waals surface area contributed by atoms with E-state index in [1.807, 2.05) is 13.8 Å². The molecule has 0 aromatic heterocycles. The van der Waals surface area contributed by atoms with Gasteiger partial charge in [-0.15, -0.1) is 0 Å². The Bertz CT molecular complexity index is 1470. The molecule has 2 atom stereocenters. The lowest BCUT2D eigenvalue weighted by Gasteiger charge is -2.34. The Labute approximate surface area is 233 Å². The van der Waals surface area contributed by atoms with Gasteiger partial charge in [-0.05, 0) is 60.7 Å². The molecule has 3 aromatic carbocycles. The lowest BCUT2D eigenvalue weighted by molar-refractivity contribution is -0.119. The number of ketones is 1. The number of hydrogen-bond donors (Lipinski definition) is 1. The first-order chi connectivity index (χ1) is 18.5. The summed E-state index contributed by atoms with van der Waals surface area (Å²) in [5, 5.41) is 2.91. The summed E-state index contributed by atoms with van der Waals surface area (Å²) in [4.78, 5) is 38.1. The summed E-state index contributed by atoms with van der Waals surface area (Å²) >= 11 is 6.08. The number of ether oxygens (including phenoxy) is 1. The zero-order valence-corrected chi connectivity index (χ0v) is 23.2. The number of benzene rings is 3. The molecular weight excluding hydrogens is 540 g/mol. The molecule has 1 heterocycles. The van der Waals surface area contributed by atoms with Gasteiger partial charge in [-0.2, -0.15) is 4.31 Å². The van der Waals surface area contributed by atoms with Gasteiger partial charge in [0.1, 0.15) is 0 Å². The minimum absolute atomic E-state index is 0.0939. The summed E-state index contributed by atoms with van der Waals surface area (Å²) in [5.41, 5.74) is 0.956. The van der Waals surface area contributed by atoms with Gasteiger partial charge in [-0.25, -0.2) is 13.2 Å². The molecule has 1 fully saturated rings. The first-order valence-electron chi connectivity index (χ1n) is 12.5. The maximum Gasteiger partial charge on any atom is 0.338 e. The Hall–Kier alpha value is -3.53. The molecule has 4 rings (SSSR count). The van der Waals surface area contributed by atoms with Crippen molar-refractivity contribution in [1.29, 1.82) is 0 Å². The van der Waals surface area contributed by atoms with Crippen LogP contribution in [0, 0.1) is 11.8 Å². The highest BCUT2D eigenvalue weighted by Gasteiger charge is 2.31. The molecule has 0 radical (unpaired) electrons. The summed E-state index contributed by atoms with van der Waals surface area (Å²) < 4.78 is 32.7. The molecule has 0 aliphatic carbocycles. The molecule has 204 valence electrons. The fourth-order valence-corrected chi connectivity index (χ4v) is 6.52. The molecule has 0 spiro atoms. The van der Waals surface area contributed by atoms with Gasteiger partial charge in [-0.3, -0.25) is 9.59 Å². The summed E-state index contributed by atoms with van der Waals surface area (Å²) in [6.45, 7) is 4.37. The number of nitrogens with zero attached hydrogens (tertiary/aromatic N) is 1. The van der Waals surface area contributed by atoms with Gasteiger partial charge in [0.15, 0.2) is 12.4 Å². The van der Waals surface area contributed by atoms with Crippen LogP contribution in [-0.2, 0) is 19.6 Å². The van der Waals surface area contributed by atoms with Crippen LogP contribution < -0.4 is 5.32 Å². The van der Waals surface area contributed by atoms with Crippen LogP contribution in [0.25, 0.3) is 0 Å². The maximum absolute atomic E-state index is 13.1. The molecule has 0 unspecified atom stereocenters. The Balaban J connectivity index is 1.38. The number of rotatable bonds is 8. The Kier molecular flexibility index (Phi) is 8.84. The standard InChI is InChI=1S/C29H29ClN2O6S/c1-19-14-20(2)17-32(16-19)39(36,37)24-11-8-22(9-12-24)29(35)38-18-27(33)31-26-13-10-23(30)15-25(26)28(34)21-6-4-3-5-7-21/h3-13,15,19-20H,14,16-18H2,1-2H3,(H,31,33)/t19-,20+. The normalized spacial score (nSPS) is 17.8. The second-order valence-electron chi connectivity index (χ2n) is 9.80. The van der Waals surface area contributed by atoms with E-state index < -0.39 is 28.5 Å². The first kappa shape index (κ1) is 28.5. The lowest BCUT2D eigenvalue weighted by Crippen LogP contribution is -2.42. The second kappa shape index (κ2) is 12.1. The SMILES string of the molecule is C[C@@H]1C[C@H](C)CN(S(=O)(=O)c2ccc(C(=O)OCC(=O)Nc3ccc(Cl)cc3C(=O)c3ccccc3)cc2)C1. The third kappa shape index (κ3) is 6.92. The van der Waals surface area contributed by atoms with E-state index >= 15 is 0 Å². The summed E-state index contributed by atoms with van der Waals surface area (Å²) in [6.07, 6.45) is 0.979. The third-order valence-electron chi connectivity index (χ3n) is 6.43. The van der Waals surface area contributed by atoms with Crippen molar-refractivity contribution >= 4 is 45.0 Å². The number of carbonyl (C=O) groups excluding carboxylic acids is 3. The van der Waals surface area contributed by atoms with E-state index in [2.05, 4.69) is 5.32 Å². The van der Waals surface area contributed by atoms with Crippen molar-refractivity contribution in [1.82, 2.24) is 4.31 Å². The topological polar surface area (TPSA) is 110 Å². The number of halogens is 1. The van der Waals surface area contributed by atoms with Crippen LogP contribution >= 0.6 is 11.6 Å². The van der Waals surface area contributed by atoms with Gasteiger partial charge in [-0.1, -0.05) is 55.8 Å². The Morgan fingerprint density at radius 3 is 2.21 bits per heavy atom. The van der Waals surface area contributed by atoms with Crippen LogP contribution in [0.2, 0.25) is 5.02 Å². The number of nitrogens with one attached hydrogen (secondary N) is 1. The van der Waals surface area contributed by atoms with Gasteiger partial charge in [0, 0.05) is 29.2 Å². The fraction of sp³-hybridized carbons (Fsp3) is 0.276. The van der Waals surface area contributed by atoms with Crippen molar-refractivity contribution in [2.45, 2.75) is 25.2 Å². The van der Waals surface area contributed by atoms with Crippen molar-refractivity contribution in [3.05, 3.63) is 94.5 Å². The molecule has 8 nitrogen and oxygen atoms in total. The molecule has 1 aliphatic rings. The number of hydrogen-bond acceptors (Lipinski definition) is 6. The van der Waals surface area contributed by atoms with Crippen LogP contribution in [0.1, 0.15) is 46.5 Å². The van der Waals surface area contributed by atoms with E-state index in [1.165, 1.54) is 46.8 Å². The van der Waals surface area contributed by atoms with E-state index in [9.17, 15) is 22.8 Å². The molecule has 39 heavy (non-hydrogen) atoms. The zero-order chi connectivity index (χ0) is 28.2. The molecule has 1 aliphatic heterocycles. The number of sulfonamides is 1. The highest BCUT2D eigenvalue weighted by atomic mass is 35.5. The van der Waals surface area contributed by atoms with Crippen LogP contribution in [0.15, 0.2) is 77.7 Å². The number of amides is 1. The van der Waals surface area contributed by atoms with E-state index in [1.54, 1.807) is 30.3 Å². The number of carbonyl (C=O) groups is 3. The van der Waals surface area contributed by atoms with Gasteiger partial charge >= 0.3 is 5.97 Å². The van der Waals surface area contributed by atoms with Crippen molar-refractivity contribution in [2.24, 2.45) is 11.8 Å². The van der Waals surface area contributed by atoms with Gasteiger partial charge in [0.25, 0.3) is 5.91 Å². The summed E-state index contributed by atoms with van der Waals surface area (Å²) in [6, 6.07) is 18.5. The molecule has 0 saturated carbocycles. The van der Waals surface area contributed by atoms with Crippen molar-refractivity contribution in [2.75, 3.05) is 25.0 Å². The van der Waals surface area contributed by atoms with Crippen LogP contribution in [0.4, 0.5) is 5.69 Å². The number of esters is 1. The largest absolute Gasteiger partial charge is 0.452 e. The molecule has 0 bridgehead atoms. The molecule has 10 heteroatoms. The van der Waals surface area contributed by atoms with E-state index in [0.717, 1.165) is 6.42 Å². The van der Waals surface area contributed by atoms with E-state index in [0.29, 0.717) is 23.7 Å². The van der Waals surface area contributed by atoms with Crippen LogP contribution in [0.3, 0.4) is 0 Å². The van der Waals surface area contributed by atoms with Crippen molar-refractivity contribution < 1.29 is 27.5 Å². The van der Waals surface area contributed by atoms with Gasteiger partial charge in [0.2, 0.25) is 10.0 Å². The average Bonchev–Trinajstić information content (AvgIpc) is 2.92. The van der Waals surface area contributed by atoms with Crippen LogP contribution in [0.5, 0.6) is 0 Å². The first-order valence-corrected chi connectivity index (χ1v) is 14.3. The molecular formula is C29H29ClN2O6S. The Morgan fingerprint density at radius 1 is 0.923 bits per heavy atom. The Morgan fingerprint density at radius 2 is 1.56 bits per heavy atom. The fourth-order valence-electron chi connectivity index (χ4n) is 4.67. The summed E-state index contributed by atoms with van der Waals surface area (Å²) in [5.74, 6) is -1.23. The smallest absolute Gasteiger partial charge is 0.338 e. The molecule has 1 amide bonds. The highest BCUT2D eigenvalue weighted by Crippen LogP contribution is 2.27. The summed E-state index contributed by atoms with van der Waals surface area (Å²) in [7, 11) is -3.68.